The lowest BCUT2D eigenvalue weighted by Gasteiger charge is -2.13. The number of halogens is 2. The van der Waals surface area contributed by atoms with E-state index in [1.54, 1.807) is 0 Å². The van der Waals surface area contributed by atoms with Gasteiger partial charge in [0.15, 0.2) is 0 Å². The molecule has 0 saturated carbocycles. The average Bonchev–Trinajstić information content (AvgIpc) is 1.77. The van der Waals surface area contributed by atoms with Gasteiger partial charge in [0.05, 0.1) is 22.9 Å². The number of hydrogen-bond donors (Lipinski definition) is 1. The normalized spacial score (nSPS) is 17.8. The summed E-state index contributed by atoms with van der Waals surface area (Å²) in [5.41, 5.74) is 3.00. The Labute approximate surface area is 75.6 Å². The van der Waals surface area contributed by atoms with E-state index in [9.17, 15) is 0 Å². The van der Waals surface area contributed by atoms with Crippen LogP contribution in [0.3, 0.4) is 0 Å². The van der Waals surface area contributed by atoms with E-state index in [-0.39, 0.29) is 0 Å². The minimum absolute atomic E-state index is 1.22. The van der Waals surface area contributed by atoms with Crippen molar-refractivity contribution in [3.63, 3.8) is 0 Å². The molecule has 4 heteroatoms. The Kier molecular flexibility index (Phi) is 2.42. The average molecular weight is 334 g/mol. The summed E-state index contributed by atoms with van der Waals surface area (Å²) in [7, 11) is 0. The van der Waals surface area contributed by atoms with E-state index in [1.165, 1.54) is 3.58 Å². The fourth-order valence-corrected chi connectivity index (χ4v) is 0.951. The van der Waals surface area contributed by atoms with Gasteiger partial charge in [0.1, 0.15) is 0 Å². The summed E-state index contributed by atoms with van der Waals surface area (Å²) in [6, 6.07) is 0. The fraction of sp³-hybridized carbons (Fsp3) is 0. The topological polar surface area (TPSA) is 15.3 Å². The van der Waals surface area contributed by atoms with Gasteiger partial charge in [-0.2, -0.15) is 0 Å². The van der Waals surface area contributed by atoms with Crippen molar-refractivity contribution in [3.8, 4) is 0 Å². The Morgan fingerprint density at radius 3 is 2.75 bits per heavy atom. The van der Waals surface area contributed by atoms with Gasteiger partial charge in [-0.1, -0.05) is 0 Å². The van der Waals surface area contributed by atoms with Crippen LogP contribution in [0.1, 0.15) is 0 Å². The van der Waals surface area contributed by atoms with Gasteiger partial charge in [-0.15, -0.1) is 0 Å². The Morgan fingerprint density at radius 2 is 2.38 bits per heavy atom. The second kappa shape index (κ2) is 2.90. The van der Waals surface area contributed by atoms with E-state index in [1.807, 2.05) is 21.7 Å². The molecular weight excluding hydrogens is 330 g/mol. The van der Waals surface area contributed by atoms with Gasteiger partial charge >= 0.3 is 0 Å². The fourth-order valence-electron chi connectivity index (χ4n) is 0.351. The van der Waals surface area contributed by atoms with E-state index in [4.69, 9.17) is 0 Å². The summed E-state index contributed by atoms with van der Waals surface area (Å²) in [6.45, 7) is 0. The molecule has 0 fully saturated rings. The predicted molar refractivity (Wildman–Crippen MR) is 50.2 cm³/mol. The highest BCUT2D eigenvalue weighted by molar-refractivity contribution is 14.1. The number of nitrogens with one attached hydrogen (secondary N) is 1. The summed E-state index contributed by atoms with van der Waals surface area (Å²) in [4.78, 5) is 0. The van der Waals surface area contributed by atoms with Gasteiger partial charge in [0.25, 0.3) is 0 Å². The molecular formula is C4H4I2N2. The number of hydrazine groups is 1. The molecule has 0 amide bonds. The lowest BCUT2D eigenvalue weighted by molar-refractivity contribution is 0.575. The first-order valence-corrected chi connectivity index (χ1v) is 4.08. The molecule has 44 valence electrons. The molecule has 0 aromatic carbocycles. The molecule has 0 aromatic rings. The van der Waals surface area contributed by atoms with Crippen LogP contribution in [-0.4, -0.2) is 3.22 Å². The van der Waals surface area contributed by atoms with Crippen molar-refractivity contribution >= 4 is 45.5 Å². The lowest BCUT2D eigenvalue weighted by Crippen LogP contribution is -2.19. The zero-order valence-corrected chi connectivity index (χ0v) is 8.25. The highest BCUT2D eigenvalue weighted by atomic mass is 127. The molecule has 0 unspecified atom stereocenters. The van der Waals surface area contributed by atoms with E-state index in [0.29, 0.717) is 0 Å². The molecule has 1 rings (SSSR count). The van der Waals surface area contributed by atoms with Crippen LogP contribution in [-0.2, 0) is 0 Å². The Balaban J connectivity index is 2.58. The smallest absolute Gasteiger partial charge is 0.0821 e. The standard InChI is InChI=1S/C4H4I2N2/c5-4-1-2-8(6)7-3-4/h1-3,7H. The van der Waals surface area contributed by atoms with Crippen molar-refractivity contribution in [2.75, 3.05) is 0 Å². The zero-order valence-electron chi connectivity index (χ0n) is 3.94. The maximum Gasteiger partial charge on any atom is 0.0821 e. The van der Waals surface area contributed by atoms with Crippen LogP contribution < -0.4 is 5.43 Å². The summed E-state index contributed by atoms with van der Waals surface area (Å²) < 4.78 is 3.08. The van der Waals surface area contributed by atoms with Crippen molar-refractivity contribution in [2.45, 2.75) is 0 Å². The first-order valence-electron chi connectivity index (χ1n) is 2.04. The van der Waals surface area contributed by atoms with Crippen LogP contribution >= 0.6 is 45.5 Å². The van der Waals surface area contributed by atoms with Gasteiger partial charge in [0, 0.05) is 16.0 Å². The highest BCUT2D eigenvalue weighted by Gasteiger charge is 1.93. The van der Waals surface area contributed by atoms with Crippen molar-refractivity contribution in [2.24, 2.45) is 0 Å². The number of rotatable bonds is 0. The molecule has 0 aliphatic carbocycles. The largest absolute Gasteiger partial charge is 0.296 e. The van der Waals surface area contributed by atoms with Gasteiger partial charge < -0.3 is 0 Å². The third-order valence-electron chi connectivity index (χ3n) is 0.690. The molecule has 0 saturated heterocycles. The van der Waals surface area contributed by atoms with Crippen LogP contribution in [0.2, 0.25) is 0 Å². The predicted octanol–water partition coefficient (Wildman–Crippen LogP) is 1.95. The Bertz CT molecular complexity index is 141. The molecule has 0 spiro atoms. The highest BCUT2D eigenvalue weighted by Crippen LogP contribution is 2.11. The molecule has 0 radical (unpaired) electrons. The van der Waals surface area contributed by atoms with Crippen LogP contribution in [0.4, 0.5) is 0 Å². The first kappa shape index (κ1) is 6.66. The molecule has 8 heavy (non-hydrogen) atoms. The third kappa shape index (κ3) is 1.81. The van der Waals surface area contributed by atoms with Crippen molar-refractivity contribution in [1.29, 1.82) is 0 Å². The maximum absolute atomic E-state index is 3.00. The van der Waals surface area contributed by atoms with Gasteiger partial charge in [0.2, 0.25) is 0 Å². The minimum atomic E-state index is 1.22. The van der Waals surface area contributed by atoms with Crippen LogP contribution in [0.25, 0.3) is 0 Å². The minimum Gasteiger partial charge on any atom is -0.296 e. The summed E-state index contributed by atoms with van der Waals surface area (Å²) >= 11 is 4.40. The number of hydrogen-bond acceptors (Lipinski definition) is 2. The monoisotopic (exact) mass is 334 g/mol. The lowest BCUT2D eigenvalue weighted by atomic mass is 10.5. The number of nitrogens with zero attached hydrogens (tertiary/aromatic N) is 1. The second-order valence-corrected chi connectivity index (χ2v) is 3.57. The quantitative estimate of drug-likeness (QED) is 0.538. The number of allylic oxidation sites excluding steroid dienone is 2. The van der Waals surface area contributed by atoms with Crippen molar-refractivity contribution < 1.29 is 0 Å². The first-order chi connectivity index (χ1) is 3.79. The Morgan fingerprint density at radius 1 is 1.62 bits per heavy atom. The second-order valence-electron chi connectivity index (χ2n) is 1.29. The molecule has 1 aliphatic heterocycles. The molecule has 0 bridgehead atoms. The van der Waals surface area contributed by atoms with Crippen LogP contribution in [0.15, 0.2) is 22.1 Å². The van der Waals surface area contributed by atoms with Gasteiger partial charge in [-0.05, 0) is 28.7 Å². The molecule has 1 aliphatic rings. The maximum atomic E-state index is 3.00. The van der Waals surface area contributed by atoms with Gasteiger partial charge in [-0.3, -0.25) is 5.43 Å². The summed E-state index contributed by atoms with van der Waals surface area (Å²) in [5.74, 6) is 0. The molecule has 0 aromatic heterocycles. The van der Waals surface area contributed by atoms with Gasteiger partial charge in [-0.25, -0.2) is 3.22 Å². The zero-order chi connectivity index (χ0) is 5.98. The third-order valence-corrected chi connectivity index (χ3v) is 1.96. The van der Waals surface area contributed by atoms with Crippen molar-refractivity contribution in [1.82, 2.24) is 8.65 Å². The molecule has 1 N–H and O–H groups in total. The van der Waals surface area contributed by atoms with Crippen LogP contribution in [0.5, 0.6) is 0 Å². The molecule has 0 atom stereocenters. The summed E-state index contributed by atoms with van der Waals surface area (Å²) in [6.07, 6.45) is 5.93. The molecule has 1 heterocycles. The SMILES string of the molecule is IC1=CNN(I)C=C1. The Hall–Kier alpha value is 0.540. The van der Waals surface area contributed by atoms with E-state index >= 15 is 0 Å². The van der Waals surface area contributed by atoms with E-state index in [0.717, 1.165) is 0 Å². The summed E-state index contributed by atoms with van der Waals surface area (Å²) in [5, 5.41) is 0. The van der Waals surface area contributed by atoms with E-state index < -0.39 is 0 Å². The van der Waals surface area contributed by atoms with Crippen molar-refractivity contribution in [3.05, 3.63) is 22.1 Å². The van der Waals surface area contributed by atoms with E-state index in [2.05, 4.69) is 50.9 Å². The van der Waals surface area contributed by atoms with Crippen LogP contribution in [0, 0.1) is 0 Å². The molecule has 2 nitrogen and oxygen atoms in total.